The van der Waals surface area contributed by atoms with E-state index in [9.17, 15) is 4.79 Å². The summed E-state index contributed by atoms with van der Waals surface area (Å²) in [4.78, 5) is 28.1. The summed E-state index contributed by atoms with van der Waals surface area (Å²) >= 11 is 6.43. The van der Waals surface area contributed by atoms with Gasteiger partial charge in [-0.15, -0.1) is 0 Å². The summed E-state index contributed by atoms with van der Waals surface area (Å²) < 4.78 is 6.05. The molecule has 9 heteroatoms. The van der Waals surface area contributed by atoms with Crippen molar-refractivity contribution in [3.05, 3.63) is 35.6 Å². The number of carbonyl (C=O) groups is 1. The first kappa shape index (κ1) is 21.8. The molecule has 0 radical (unpaired) electrons. The highest BCUT2D eigenvalue weighted by Gasteiger charge is 2.45. The molecule has 3 aromatic rings. The van der Waals surface area contributed by atoms with Gasteiger partial charge in [-0.3, -0.25) is 19.7 Å². The van der Waals surface area contributed by atoms with Gasteiger partial charge in [0.1, 0.15) is 11.9 Å². The molecule has 3 N–H and O–H groups in total. The largest absolute Gasteiger partial charge is 0.372 e. The predicted molar refractivity (Wildman–Crippen MR) is 135 cm³/mol. The minimum atomic E-state index is -0.436. The molecular formula is C25H29ClN6O2. The molecule has 1 spiro atoms. The fourth-order valence-electron chi connectivity index (χ4n) is 5.07. The van der Waals surface area contributed by atoms with E-state index in [1.165, 1.54) is 12.8 Å². The van der Waals surface area contributed by atoms with Crippen molar-refractivity contribution >= 4 is 50.8 Å². The van der Waals surface area contributed by atoms with E-state index in [2.05, 4.69) is 39.3 Å². The molecule has 1 amide bonds. The summed E-state index contributed by atoms with van der Waals surface area (Å²) in [6.45, 7) is 7.53. The van der Waals surface area contributed by atoms with Gasteiger partial charge in [-0.1, -0.05) is 11.6 Å². The summed E-state index contributed by atoms with van der Waals surface area (Å²) in [5, 5.41) is 9.16. The van der Waals surface area contributed by atoms with Gasteiger partial charge in [0, 0.05) is 47.0 Å². The number of aromatic amines is 1. The number of morpholine rings is 1. The average Bonchev–Trinajstić information content (AvgIpc) is 3.45. The van der Waals surface area contributed by atoms with Crippen LogP contribution in [-0.2, 0) is 9.53 Å². The topological polar surface area (TPSA) is 94.6 Å². The molecule has 34 heavy (non-hydrogen) atoms. The number of H-pyrrole nitrogens is 1. The highest BCUT2D eigenvalue weighted by atomic mass is 35.5. The van der Waals surface area contributed by atoms with Crippen LogP contribution in [0.5, 0.6) is 0 Å². The number of amidine groups is 1. The van der Waals surface area contributed by atoms with Crippen molar-refractivity contribution in [3.8, 4) is 0 Å². The molecule has 1 aliphatic carbocycles. The quantitative estimate of drug-likeness (QED) is 0.530. The number of aromatic nitrogens is 2. The van der Waals surface area contributed by atoms with Gasteiger partial charge in [0.25, 0.3) is 0 Å². The van der Waals surface area contributed by atoms with E-state index in [1.807, 2.05) is 12.1 Å². The first-order chi connectivity index (χ1) is 16.3. The zero-order valence-electron chi connectivity index (χ0n) is 19.4. The molecule has 1 saturated heterocycles. The first-order valence-electron chi connectivity index (χ1n) is 11.8. The first-order valence-corrected chi connectivity index (χ1v) is 12.2. The lowest BCUT2D eigenvalue weighted by Gasteiger charge is -2.43. The molecule has 0 bridgehead atoms. The highest BCUT2D eigenvalue weighted by Crippen LogP contribution is 2.46. The van der Waals surface area contributed by atoms with E-state index in [4.69, 9.17) is 21.3 Å². The lowest BCUT2D eigenvalue weighted by molar-refractivity contribution is -0.141. The van der Waals surface area contributed by atoms with Crippen molar-refractivity contribution in [1.82, 2.24) is 20.2 Å². The van der Waals surface area contributed by atoms with Crippen molar-refractivity contribution in [2.75, 3.05) is 38.1 Å². The lowest BCUT2D eigenvalue weighted by atomic mass is 10.0. The summed E-state index contributed by atoms with van der Waals surface area (Å²) in [6, 6.07) is 5.20. The fraction of sp³-hybridized carbons (Fsp3) is 0.480. The van der Waals surface area contributed by atoms with Crippen molar-refractivity contribution in [2.45, 2.75) is 38.3 Å². The highest BCUT2D eigenvalue weighted by molar-refractivity contribution is 6.33. The van der Waals surface area contributed by atoms with Crippen LogP contribution in [0, 0.1) is 5.41 Å². The van der Waals surface area contributed by atoms with Gasteiger partial charge < -0.3 is 20.4 Å². The smallest absolute Gasteiger partial charge is 0.244 e. The van der Waals surface area contributed by atoms with Crippen LogP contribution in [0.2, 0.25) is 5.02 Å². The number of hydrogen-bond donors (Lipinski definition) is 3. The Kier molecular flexibility index (Phi) is 5.09. The van der Waals surface area contributed by atoms with Crippen LogP contribution >= 0.6 is 11.6 Å². The second kappa shape index (κ2) is 7.93. The summed E-state index contributed by atoms with van der Waals surface area (Å²) in [5.41, 5.74) is 2.43. The zero-order valence-corrected chi connectivity index (χ0v) is 20.2. The number of hydrogen-bond acceptors (Lipinski definition) is 6. The maximum absolute atomic E-state index is 13.6. The minimum Gasteiger partial charge on any atom is -0.372 e. The summed E-state index contributed by atoms with van der Waals surface area (Å²) in [7, 11) is 0. The van der Waals surface area contributed by atoms with Crippen LogP contribution in [0.3, 0.4) is 0 Å². The second-order valence-electron chi connectivity index (χ2n) is 10.5. The monoisotopic (exact) mass is 480 g/mol. The van der Waals surface area contributed by atoms with Crippen LogP contribution in [0.25, 0.3) is 21.8 Å². The van der Waals surface area contributed by atoms with Crippen molar-refractivity contribution in [1.29, 1.82) is 0 Å². The zero-order chi connectivity index (χ0) is 23.5. The Morgan fingerprint density at radius 1 is 1.32 bits per heavy atom. The molecule has 1 atom stereocenters. The van der Waals surface area contributed by atoms with Gasteiger partial charge in [-0.05, 0) is 44.9 Å². The number of rotatable bonds is 4. The Hall–Kier alpha value is -2.68. The molecule has 2 fully saturated rings. The number of amides is 1. The molecule has 8 nitrogen and oxygen atoms in total. The lowest BCUT2D eigenvalue weighted by Crippen LogP contribution is -2.60. The summed E-state index contributed by atoms with van der Waals surface area (Å²) in [5.74, 6) is 0.840. The maximum atomic E-state index is 13.6. The van der Waals surface area contributed by atoms with E-state index >= 15 is 0 Å². The molecule has 178 valence electrons. The van der Waals surface area contributed by atoms with Crippen molar-refractivity contribution in [2.24, 2.45) is 10.4 Å². The third-order valence-electron chi connectivity index (χ3n) is 7.27. The van der Waals surface area contributed by atoms with E-state index in [-0.39, 0.29) is 11.5 Å². The van der Waals surface area contributed by atoms with Gasteiger partial charge in [0.2, 0.25) is 5.91 Å². The Bertz CT molecular complexity index is 1310. The van der Waals surface area contributed by atoms with Crippen LogP contribution in [0.1, 0.15) is 26.7 Å². The van der Waals surface area contributed by atoms with Gasteiger partial charge in [0.15, 0.2) is 0 Å². The molecule has 3 aliphatic rings. The number of ether oxygens (including phenoxy) is 1. The molecule has 1 aromatic carbocycles. The van der Waals surface area contributed by atoms with Gasteiger partial charge in [-0.2, -0.15) is 0 Å². The Morgan fingerprint density at radius 3 is 2.94 bits per heavy atom. The minimum absolute atomic E-state index is 0.120. The van der Waals surface area contributed by atoms with Crippen molar-refractivity contribution < 1.29 is 9.53 Å². The van der Waals surface area contributed by atoms with E-state index in [0.29, 0.717) is 35.8 Å². The SMILES string of the molecule is CC1(C)CN(CC2=NCC3(CC3)CN2)C(C(=O)Nc2cc(Cl)cc3c2[nH]c2cnccc23)CO1. The molecule has 6 rings (SSSR count). The third-order valence-corrected chi connectivity index (χ3v) is 7.49. The van der Waals surface area contributed by atoms with Gasteiger partial charge in [-0.25, -0.2) is 0 Å². The van der Waals surface area contributed by atoms with Crippen molar-refractivity contribution in [3.63, 3.8) is 0 Å². The third kappa shape index (κ3) is 4.04. The fourth-order valence-corrected chi connectivity index (χ4v) is 5.29. The predicted octanol–water partition coefficient (Wildman–Crippen LogP) is 3.57. The molecule has 2 aliphatic heterocycles. The number of anilines is 1. The van der Waals surface area contributed by atoms with E-state index < -0.39 is 6.04 Å². The van der Waals surface area contributed by atoms with Crippen LogP contribution in [0.15, 0.2) is 35.6 Å². The van der Waals surface area contributed by atoms with E-state index in [0.717, 1.165) is 40.7 Å². The summed E-state index contributed by atoms with van der Waals surface area (Å²) in [6.07, 6.45) is 6.03. The van der Waals surface area contributed by atoms with E-state index in [1.54, 1.807) is 18.5 Å². The van der Waals surface area contributed by atoms with Crippen LogP contribution in [-0.4, -0.2) is 71.0 Å². The van der Waals surface area contributed by atoms with Gasteiger partial charge >= 0.3 is 0 Å². The average molecular weight is 481 g/mol. The normalized spacial score (nSPS) is 23.6. The molecule has 2 aromatic heterocycles. The molecule has 1 saturated carbocycles. The number of nitrogens with one attached hydrogen (secondary N) is 3. The Labute approximate surface area is 203 Å². The second-order valence-corrected chi connectivity index (χ2v) is 11.0. The molecule has 4 heterocycles. The number of benzene rings is 1. The number of nitrogens with zero attached hydrogens (tertiary/aromatic N) is 3. The molecular weight excluding hydrogens is 452 g/mol. The standard InChI is InChI=1S/C25H29ClN6O2/c1-24(2)14-32(10-21-28-12-25(4-5-25)13-29-21)20(11-34-24)23(33)31-18-8-15(26)7-17-16-3-6-27-9-19(16)30-22(17)18/h3,6-9,20,30H,4-5,10-14H2,1-2H3,(H,28,29)(H,31,33). The van der Waals surface area contributed by atoms with Gasteiger partial charge in [0.05, 0.1) is 41.7 Å². The molecule has 1 unspecified atom stereocenters. The van der Waals surface area contributed by atoms with Crippen LogP contribution < -0.4 is 10.6 Å². The number of carbonyl (C=O) groups excluding carboxylic acids is 1. The maximum Gasteiger partial charge on any atom is 0.244 e. The number of halogens is 1. The van der Waals surface area contributed by atoms with Crippen LogP contribution in [0.4, 0.5) is 5.69 Å². The number of pyridine rings is 1. The Balaban J connectivity index is 1.26. The Morgan fingerprint density at radius 2 is 2.18 bits per heavy atom. The number of aliphatic imine (C=N–C) groups is 1. The number of fused-ring (bicyclic) bond motifs is 3.